The van der Waals surface area contributed by atoms with E-state index in [1.807, 2.05) is 43.3 Å². The zero-order chi connectivity index (χ0) is 18.1. The highest BCUT2D eigenvalue weighted by Crippen LogP contribution is 2.30. The number of nitrogens with zero attached hydrogens (tertiary/aromatic N) is 2. The average molecular weight is 409 g/mol. The van der Waals surface area contributed by atoms with Gasteiger partial charge in [0.15, 0.2) is 0 Å². The number of rotatable bonds is 4. The first kappa shape index (κ1) is 16.8. The smallest absolute Gasteiger partial charge is 0.232 e. The number of fused-ring (bicyclic) bond motifs is 3. The largest absolute Gasteiger partial charge is 0.464 e. The molecule has 0 saturated heterocycles. The number of hydrogen-bond donors (Lipinski definition) is 0. The lowest BCUT2D eigenvalue weighted by Crippen LogP contribution is -2.32. The van der Waals surface area contributed by atoms with Crippen LogP contribution in [0.25, 0.3) is 21.7 Å². The van der Waals surface area contributed by atoms with Crippen LogP contribution in [0.4, 0.5) is 5.82 Å². The molecule has 0 N–H and O–H groups in total. The highest BCUT2D eigenvalue weighted by Gasteiger charge is 2.19. The molecule has 26 heavy (non-hydrogen) atoms. The van der Waals surface area contributed by atoms with Crippen molar-refractivity contribution >= 4 is 49.4 Å². The maximum Gasteiger partial charge on any atom is 0.232 e. The maximum absolute atomic E-state index is 12.9. The van der Waals surface area contributed by atoms with Crippen LogP contribution in [0.5, 0.6) is 0 Å². The van der Waals surface area contributed by atoms with E-state index in [0.29, 0.717) is 12.4 Å². The number of carbonyl (C=O) groups excluding carboxylic acids is 1. The number of furan rings is 1. The first-order valence-electron chi connectivity index (χ1n) is 8.47. The second-order valence-corrected chi connectivity index (χ2v) is 6.99. The van der Waals surface area contributed by atoms with Crippen molar-refractivity contribution in [2.45, 2.75) is 13.3 Å². The fourth-order valence-electron chi connectivity index (χ4n) is 3.26. The molecule has 2 heterocycles. The van der Waals surface area contributed by atoms with Crippen molar-refractivity contribution in [1.82, 2.24) is 4.98 Å². The van der Waals surface area contributed by atoms with Gasteiger partial charge < -0.3 is 4.42 Å². The van der Waals surface area contributed by atoms with E-state index in [-0.39, 0.29) is 12.3 Å². The topological polar surface area (TPSA) is 46.3 Å². The summed E-state index contributed by atoms with van der Waals surface area (Å²) in [5, 5.41) is 3.25. The van der Waals surface area contributed by atoms with Gasteiger partial charge in [0, 0.05) is 28.2 Å². The quantitative estimate of drug-likeness (QED) is 0.457. The summed E-state index contributed by atoms with van der Waals surface area (Å²) >= 11 is 3.37. The molecule has 0 spiro atoms. The van der Waals surface area contributed by atoms with Crippen LogP contribution in [-0.2, 0) is 11.2 Å². The van der Waals surface area contributed by atoms with Gasteiger partial charge >= 0.3 is 0 Å². The Hall–Kier alpha value is -2.66. The van der Waals surface area contributed by atoms with Crippen molar-refractivity contribution in [2.24, 2.45) is 0 Å². The number of benzene rings is 2. The van der Waals surface area contributed by atoms with Crippen LogP contribution in [0.3, 0.4) is 0 Å². The van der Waals surface area contributed by atoms with Gasteiger partial charge in [0.2, 0.25) is 5.91 Å². The lowest BCUT2D eigenvalue weighted by atomic mass is 10.0. The zero-order valence-electron chi connectivity index (χ0n) is 14.3. The summed E-state index contributed by atoms with van der Waals surface area (Å²) in [5.74, 6) is 0.649. The third kappa shape index (κ3) is 2.99. The normalized spacial score (nSPS) is 11.2. The second kappa shape index (κ2) is 6.92. The molecule has 0 aliphatic heterocycles. The van der Waals surface area contributed by atoms with Crippen molar-refractivity contribution in [1.29, 1.82) is 0 Å². The standard InChI is InChI=1S/C21H17BrN2O2/c1-2-24(19-10-8-16(22)12-23-19)20(25)11-15-13-26-18-9-7-14-5-3-4-6-17(14)21(15)18/h3-10,12-13H,2,11H2,1H3. The van der Waals surface area contributed by atoms with Crippen LogP contribution in [0.1, 0.15) is 12.5 Å². The van der Waals surface area contributed by atoms with Crippen LogP contribution >= 0.6 is 15.9 Å². The fourth-order valence-corrected chi connectivity index (χ4v) is 3.49. The molecule has 4 nitrogen and oxygen atoms in total. The van der Waals surface area contributed by atoms with Crippen molar-refractivity contribution in [3.05, 3.63) is 71.0 Å². The molecule has 5 heteroatoms. The van der Waals surface area contributed by atoms with E-state index in [9.17, 15) is 4.79 Å². The Labute approximate surface area is 159 Å². The van der Waals surface area contributed by atoms with E-state index >= 15 is 0 Å². The number of amides is 1. The fraction of sp³-hybridized carbons (Fsp3) is 0.143. The summed E-state index contributed by atoms with van der Waals surface area (Å²) in [6.45, 7) is 2.51. The Morgan fingerprint density at radius 1 is 1.15 bits per heavy atom. The predicted octanol–water partition coefficient (Wildman–Crippen LogP) is 5.34. The van der Waals surface area contributed by atoms with Gasteiger partial charge in [-0.25, -0.2) is 4.98 Å². The van der Waals surface area contributed by atoms with Gasteiger partial charge in [0.25, 0.3) is 0 Å². The number of hydrogen-bond acceptors (Lipinski definition) is 3. The van der Waals surface area contributed by atoms with Crippen LogP contribution in [0.15, 0.2) is 69.9 Å². The Morgan fingerprint density at radius 3 is 2.77 bits per heavy atom. The number of carbonyl (C=O) groups is 1. The Kier molecular flexibility index (Phi) is 4.47. The van der Waals surface area contributed by atoms with Crippen molar-refractivity contribution < 1.29 is 9.21 Å². The van der Waals surface area contributed by atoms with Crippen LogP contribution in [-0.4, -0.2) is 17.4 Å². The molecule has 2 aromatic carbocycles. The van der Waals surface area contributed by atoms with E-state index in [2.05, 4.69) is 33.0 Å². The Balaban J connectivity index is 1.71. The van der Waals surface area contributed by atoms with Gasteiger partial charge in [-0.05, 0) is 51.8 Å². The molecule has 0 atom stereocenters. The van der Waals surface area contributed by atoms with E-state index < -0.39 is 0 Å². The minimum atomic E-state index is -0.00189. The summed E-state index contributed by atoms with van der Waals surface area (Å²) in [6.07, 6.45) is 3.66. The van der Waals surface area contributed by atoms with E-state index in [0.717, 1.165) is 31.8 Å². The third-order valence-electron chi connectivity index (χ3n) is 4.49. The van der Waals surface area contributed by atoms with Crippen molar-refractivity contribution in [2.75, 3.05) is 11.4 Å². The first-order valence-corrected chi connectivity index (χ1v) is 9.26. The molecule has 0 radical (unpaired) electrons. The van der Waals surface area contributed by atoms with Gasteiger partial charge in [0.05, 0.1) is 12.7 Å². The van der Waals surface area contributed by atoms with Gasteiger partial charge in [0.1, 0.15) is 11.4 Å². The molecule has 4 aromatic rings. The molecular formula is C21H17BrN2O2. The lowest BCUT2D eigenvalue weighted by molar-refractivity contribution is -0.118. The third-order valence-corrected chi connectivity index (χ3v) is 4.96. The minimum Gasteiger partial charge on any atom is -0.464 e. The van der Waals surface area contributed by atoms with Crippen LogP contribution in [0, 0.1) is 0 Å². The molecule has 1 amide bonds. The maximum atomic E-state index is 12.9. The molecular weight excluding hydrogens is 392 g/mol. The molecule has 0 fully saturated rings. The van der Waals surface area contributed by atoms with Gasteiger partial charge in [-0.3, -0.25) is 9.69 Å². The average Bonchev–Trinajstić information content (AvgIpc) is 3.07. The second-order valence-electron chi connectivity index (χ2n) is 6.07. The Bertz CT molecular complexity index is 1090. The SMILES string of the molecule is CCN(C(=O)Cc1coc2ccc3ccccc3c12)c1ccc(Br)cn1. The van der Waals surface area contributed by atoms with Crippen LogP contribution < -0.4 is 4.90 Å². The minimum absolute atomic E-state index is 0.00189. The predicted molar refractivity (Wildman–Crippen MR) is 107 cm³/mol. The van der Waals surface area contributed by atoms with E-state index in [1.165, 1.54) is 0 Å². The van der Waals surface area contributed by atoms with E-state index in [1.54, 1.807) is 17.4 Å². The lowest BCUT2D eigenvalue weighted by Gasteiger charge is -2.19. The van der Waals surface area contributed by atoms with Crippen molar-refractivity contribution in [3.63, 3.8) is 0 Å². The molecule has 2 aromatic heterocycles. The number of aromatic nitrogens is 1. The molecule has 0 aliphatic rings. The number of anilines is 1. The monoisotopic (exact) mass is 408 g/mol. The summed E-state index contributed by atoms with van der Waals surface area (Å²) in [4.78, 5) is 19.0. The van der Waals surface area contributed by atoms with E-state index in [4.69, 9.17) is 4.42 Å². The van der Waals surface area contributed by atoms with Gasteiger partial charge in [-0.2, -0.15) is 0 Å². The summed E-state index contributed by atoms with van der Waals surface area (Å²) < 4.78 is 6.59. The van der Waals surface area contributed by atoms with Crippen molar-refractivity contribution in [3.8, 4) is 0 Å². The number of halogens is 1. The molecule has 0 unspecified atom stereocenters. The number of pyridine rings is 1. The summed E-state index contributed by atoms with van der Waals surface area (Å²) in [6, 6.07) is 15.9. The van der Waals surface area contributed by atoms with Crippen LogP contribution in [0.2, 0.25) is 0 Å². The molecule has 0 saturated carbocycles. The van der Waals surface area contributed by atoms with Gasteiger partial charge in [-0.15, -0.1) is 0 Å². The molecule has 0 aliphatic carbocycles. The summed E-state index contributed by atoms with van der Waals surface area (Å²) in [5.41, 5.74) is 1.70. The summed E-state index contributed by atoms with van der Waals surface area (Å²) in [7, 11) is 0. The molecule has 130 valence electrons. The molecule has 4 rings (SSSR count). The van der Waals surface area contributed by atoms with Gasteiger partial charge in [-0.1, -0.05) is 30.3 Å². The number of likely N-dealkylation sites (N-methyl/N-ethyl adjacent to an activating group) is 1. The zero-order valence-corrected chi connectivity index (χ0v) is 15.9. The Morgan fingerprint density at radius 2 is 2.00 bits per heavy atom. The highest BCUT2D eigenvalue weighted by atomic mass is 79.9. The molecule has 0 bridgehead atoms. The first-order chi connectivity index (χ1) is 12.7. The highest BCUT2D eigenvalue weighted by molar-refractivity contribution is 9.10.